The maximum Gasteiger partial charge on any atom is 0.230 e. The fraction of sp³-hybridized carbons (Fsp3) is 0.200. The molecule has 1 N–H and O–H groups in total. The summed E-state index contributed by atoms with van der Waals surface area (Å²) in [5, 5.41) is 5.07. The standard InChI is InChI=1S/C20H19FN2O4S/c1-25-16-8-12(9-17(26-2)19(16)27-3)22-18(24)10-13-11-28-20(23-13)14-6-4-5-7-15(14)21/h4-9,11H,10H2,1-3H3,(H,22,24). The zero-order valence-electron chi connectivity index (χ0n) is 15.6. The molecule has 28 heavy (non-hydrogen) atoms. The number of benzene rings is 2. The van der Waals surface area contributed by atoms with Crippen LogP contribution in [-0.4, -0.2) is 32.2 Å². The summed E-state index contributed by atoms with van der Waals surface area (Å²) in [6.07, 6.45) is 0.0572. The van der Waals surface area contributed by atoms with Crippen molar-refractivity contribution in [1.29, 1.82) is 0 Å². The molecule has 2 aromatic carbocycles. The van der Waals surface area contributed by atoms with Gasteiger partial charge in [0.15, 0.2) is 11.5 Å². The van der Waals surface area contributed by atoms with Crippen molar-refractivity contribution < 1.29 is 23.4 Å². The summed E-state index contributed by atoms with van der Waals surface area (Å²) >= 11 is 1.29. The van der Waals surface area contributed by atoms with Crippen molar-refractivity contribution in [2.75, 3.05) is 26.6 Å². The van der Waals surface area contributed by atoms with E-state index in [1.54, 1.807) is 35.7 Å². The molecule has 8 heteroatoms. The van der Waals surface area contributed by atoms with Crippen molar-refractivity contribution in [3.63, 3.8) is 0 Å². The Morgan fingerprint density at radius 1 is 1.11 bits per heavy atom. The monoisotopic (exact) mass is 402 g/mol. The number of halogens is 1. The molecule has 1 amide bonds. The average molecular weight is 402 g/mol. The van der Waals surface area contributed by atoms with Crippen LogP contribution in [0.15, 0.2) is 41.8 Å². The highest BCUT2D eigenvalue weighted by atomic mass is 32.1. The van der Waals surface area contributed by atoms with Gasteiger partial charge in [-0.05, 0) is 12.1 Å². The van der Waals surface area contributed by atoms with Gasteiger partial charge in [-0.2, -0.15) is 0 Å². The molecule has 0 spiro atoms. The Morgan fingerprint density at radius 2 is 1.79 bits per heavy atom. The van der Waals surface area contributed by atoms with E-state index in [1.165, 1.54) is 38.7 Å². The minimum Gasteiger partial charge on any atom is -0.493 e. The van der Waals surface area contributed by atoms with Crippen molar-refractivity contribution in [3.8, 4) is 27.8 Å². The molecule has 0 aliphatic heterocycles. The number of thiazole rings is 1. The molecule has 0 aliphatic rings. The Bertz CT molecular complexity index is 965. The van der Waals surface area contributed by atoms with Crippen LogP contribution in [0, 0.1) is 5.82 Å². The number of carbonyl (C=O) groups is 1. The van der Waals surface area contributed by atoms with E-state index < -0.39 is 0 Å². The van der Waals surface area contributed by atoms with E-state index in [0.717, 1.165) is 0 Å². The summed E-state index contributed by atoms with van der Waals surface area (Å²) in [7, 11) is 4.51. The van der Waals surface area contributed by atoms with Gasteiger partial charge in [-0.3, -0.25) is 4.79 Å². The minimum absolute atomic E-state index is 0.0572. The van der Waals surface area contributed by atoms with E-state index in [2.05, 4.69) is 10.3 Å². The third-order valence-electron chi connectivity index (χ3n) is 3.95. The Kier molecular flexibility index (Phi) is 6.10. The Morgan fingerprint density at radius 3 is 2.39 bits per heavy atom. The lowest BCUT2D eigenvalue weighted by Gasteiger charge is -2.14. The molecular weight excluding hydrogens is 383 g/mol. The van der Waals surface area contributed by atoms with Crippen molar-refractivity contribution in [2.45, 2.75) is 6.42 Å². The Balaban J connectivity index is 1.74. The van der Waals surface area contributed by atoms with Crippen molar-refractivity contribution in [1.82, 2.24) is 4.98 Å². The third kappa shape index (κ3) is 4.23. The molecule has 1 aromatic heterocycles. The molecule has 1 heterocycles. The van der Waals surface area contributed by atoms with Crippen LogP contribution >= 0.6 is 11.3 Å². The number of amides is 1. The average Bonchev–Trinajstić information content (AvgIpc) is 3.15. The highest BCUT2D eigenvalue weighted by Crippen LogP contribution is 2.40. The first-order valence-corrected chi connectivity index (χ1v) is 9.22. The molecule has 6 nitrogen and oxygen atoms in total. The van der Waals surface area contributed by atoms with Crippen LogP contribution in [-0.2, 0) is 11.2 Å². The number of carbonyl (C=O) groups excluding carboxylic acids is 1. The number of anilines is 1. The predicted molar refractivity (Wildman–Crippen MR) is 106 cm³/mol. The van der Waals surface area contributed by atoms with Gasteiger partial charge in [0.05, 0.1) is 33.4 Å². The topological polar surface area (TPSA) is 69.7 Å². The number of rotatable bonds is 7. The zero-order chi connectivity index (χ0) is 20.1. The molecule has 3 aromatic rings. The SMILES string of the molecule is COc1cc(NC(=O)Cc2csc(-c3ccccc3F)n2)cc(OC)c1OC. The number of ether oxygens (including phenoxy) is 3. The van der Waals surface area contributed by atoms with Crippen LogP contribution in [0.5, 0.6) is 17.2 Å². The minimum atomic E-state index is -0.342. The maximum absolute atomic E-state index is 13.9. The van der Waals surface area contributed by atoms with Gasteiger partial charge in [0, 0.05) is 28.8 Å². The highest BCUT2D eigenvalue weighted by Gasteiger charge is 2.16. The summed E-state index contributed by atoms with van der Waals surface area (Å²) in [5.41, 5.74) is 1.49. The van der Waals surface area contributed by atoms with E-state index in [0.29, 0.717) is 39.2 Å². The zero-order valence-corrected chi connectivity index (χ0v) is 16.4. The fourth-order valence-corrected chi connectivity index (χ4v) is 3.52. The van der Waals surface area contributed by atoms with Gasteiger partial charge in [-0.15, -0.1) is 11.3 Å². The van der Waals surface area contributed by atoms with Gasteiger partial charge in [0.1, 0.15) is 10.8 Å². The molecule has 0 fully saturated rings. The van der Waals surface area contributed by atoms with Crippen LogP contribution in [0.4, 0.5) is 10.1 Å². The second kappa shape index (κ2) is 8.71. The number of nitrogens with zero attached hydrogens (tertiary/aromatic N) is 1. The molecule has 0 saturated carbocycles. The van der Waals surface area contributed by atoms with Gasteiger partial charge in [-0.25, -0.2) is 9.37 Å². The van der Waals surface area contributed by atoms with E-state index in [9.17, 15) is 9.18 Å². The lowest BCUT2D eigenvalue weighted by molar-refractivity contribution is -0.115. The van der Waals surface area contributed by atoms with Gasteiger partial charge in [0.25, 0.3) is 0 Å². The molecule has 0 aliphatic carbocycles. The summed E-state index contributed by atoms with van der Waals surface area (Å²) < 4.78 is 29.7. The molecule has 0 bridgehead atoms. The van der Waals surface area contributed by atoms with E-state index in [1.807, 2.05) is 0 Å². The second-order valence-corrected chi connectivity index (χ2v) is 6.62. The Labute approximate surface area is 165 Å². The van der Waals surface area contributed by atoms with Crippen molar-refractivity contribution in [2.24, 2.45) is 0 Å². The lowest BCUT2D eigenvalue weighted by Crippen LogP contribution is -2.15. The number of aromatic nitrogens is 1. The molecule has 0 atom stereocenters. The summed E-state index contributed by atoms with van der Waals surface area (Å²) in [5.74, 6) is 0.710. The fourth-order valence-electron chi connectivity index (χ4n) is 2.67. The molecular formula is C20H19FN2O4S. The largest absolute Gasteiger partial charge is 0.493 e. The molecule has 0 saturated heterocycles. The normalized spacial score (nSPS) is 10.4. The first-order valence-electron chi connectivity index (χ1n) is 8.35. The number of hydrogen-bond acceptors (Lipinski definition) is 6. The Hall–Kier alpha value is -3.13. The smallest absolute Gasteiger partial charge is 0.230 e. The predicted octanol–water partition coefficient (Wildman–Crippen LogP) is 4.16. The van der Waals surface area contributed by atoms with Crippen molar-refractivity contribution in [3.05, 3.63) is 53.3 Å². The van der Waals surface area contributed by atoms with Gasteiger partial charge < -0.3 is 19.5 Å². The lowest BCUT2D eigenvalue weighted by atomic mass is 10.2. The van der Waals surface area contributed by atoms with E-state index >= 15 is 0 Å². The van der Waals surface area contributed by atoms with Crippen LogP contribution in [0.25, 0.3) is 10.6 Å². The third-order valence-corrected chi connectivity index (χ3v) is 4.87. The summed E-state index contributed by atoms with van der Waals surface area (Å²) in [6, 6.07) is 9.70. The first-order chi connectivity index (χ1) is 13.5. The number of hydrogen-bond donors (Lipinski definition) is 1. The van der Waals surface area contributed by atoms with E-state index in [4.69, 9.17) is 14.2 Å². The van der Waals surface area contributed by atoms with Gasteiger partial charge in [-0.1, -0.05) is 12.1 Å². The first kappa shape index (κ1) is 19.6. The van der Waals surface area contributed by atoms with Gasteiger partial charge >= 0.3 is 0 Å². The summed E-state index contributed by atoms with van der Waals surface area (Å²) in [4.78, 5) is 16.8. The van der Waals surface area contributed by atoms with Crippen LogP contribution < -0.4 is 19.5 Å². The van der Waals surface area contributed by atoms with Gasteiger partial charge in [0.2, 0.25) is 11.7 Å². The molecule has 146 valence electrons. The van der Waals surface area contributed by atoms with E-state index in [-0.39, 0.29) is 18.1 Å². The van der Waals surface area contributed by atoms with Crippen molar-refractivity contribution >= 4 is 22.9 Å². The number of nitrogens with one attached hydrogen (secondary N) is 1. The summed E-state index contributed by atoms with van der Waals surface area (Å²) in [6.45, 7) is 0. The molecule has 0 unspecified atom stereocenters. The molecule has 0 radical (unpaired) electrons. The second-order valence-electron chi connectivity index (χ2n) is 5.76. The number of methoxy groups -OCH3 is 3. The van der Waals surface area contributed by atoms with Crippen LogP contribution in [0.2, 0.25) is 0 Å². The van der Waals surface area contributed by atoms with Crippen LogP contribution in [0.3, 0.4) is 0 Å². The molecule has 3 rings (SSSR count). The maximum atomic E-state index is 13.9. The quantitative estimate of drug-likeness (QED) is 0.643. The van der Waals surface area contributed by atoms with Crippen LogP contribution in [0.1, 0.15) is 5.69 Å². The highest BCUT2D eigenvalue weighted by molar-refractivity contribution is 7.13.